The summed E-state index contributed by atoms with van der Waals surface area (Å²) in [6, 6.07) is 3.37. The molecule has 0 aliphatic heterocycles. The molecule has 0 saturated heterocycles. The highest BCUT2D eigenvalue weighted by Crippen LogP contribution is 2.24. The van der Waals surface area contributed by atoms with Gasteiger partial charge in [0.05, 0.1) is 0 Å². The summed E-state index contributed by atoms with van der Waals surface area (Å²) in [6.45, 7) is -2.80. The highest BCUT2D eigenvalue weighted by Gasteiger charge is 2.24. The highest BCUT2D eigenvalue weighted by molar-refractivity contribution is 14.1. The third-order valence-electron chi connectivity index (χ3n) is 2.20. The Morgan fingerprint density at radius 3 is 2.40 bits per heavy atom. The van der Waals surface area contributed by atoms with E-state index in [0.717, 1.165) is 9.13 Å². The highest BCUT2D eigenvalue weighted by atomic mass is 127. The average molecular weight is 328 g/mol. The summed E-state index contributed by atoms with van der Waals surface area (Å²) in [6.07, 6.45) is -0.824. The number of hydrogen-bond acceptors (Lipinski definition) is 1. The first-order valence-corrected chi connectivity index (χ1v) is 5.60. The van der Waals surface area contributed by atoms with Crippen LogP contribution in [0.1, 0.15) is 16.7 Å². The van der Waals surface area contributed by atoms with Crippen molar-refractivity contribution in [2.45, 2.75) is 19.8 Å². The quantitative estimate of drug-likeness (QED) is 0.670. The first-order chi connectivity index (χ1) is 6.83. The van der Waals surface area contributed by atoms with Crippen molar-refractivity contribution in [3.05, 3.63) is 32.4 Å². The molecule has 15 heavy (non-hydrogen) atoms. The summed E-state index contributed by atoms with van der Waals surface area (Å²) in [5, 5.41) is 0. The van der Waals surface area contributed by atoms with Gasteiger partial charge in [0, 0.05) is 10.1 Å². The molecule has 0 heterocycles. The standard InChI is InChI=1S/C9H11BF3IN/c1-6-8(4-10(11,12)13)2-7(5-15)3-9(6)14/h2-3H,4-5,15H2,1H3/q-1. The molecule has 2 N–H and O–H groups in total. The molecule has 0 fully saturated rings. The third kappa shape index (κ3) is 3.68. The van der Waals surface area contributed by atoms with Gasteiger partial charge >= 0.3 is 6.98 Å². The van der Waals surface area contributed by atoms with Crippen LogP contribution >= 0.6 is 22.6 Å². The molecule has 0 saturated carbocycles. The number of nitrogens with two attached hydrogens (primary N) is 1. The lowest BCUT2D eigenvalue weighted by molar-refractivity contribution is 0.468. The molecule has 1 aromatic rings. The van der Waals surface area contributed by atoms with Crippen molar-refractivity contribution in [1.82, 2.24) is 0 Å². The van der Waals surface area contributed by atoms with Crippen LogP contribution in [0, 0.1) is 10.5 Å². The second kappa shape index (κ2) is 4.73. The Balaban J connectivity index is 3.11. The third-order valence-corrected chi connectivity index (χ3v) is 3.32. The van der Waals surface area contributed by atoms with Crippen LogP contribution in [0.25, 0.3) is 0 Å². The second-order valence-electron chi connectivity index (χ2n) is 3.48. The Hall–Kier alpha value is -0.235. The predicted molar refractivity (Wildman–Crippen MR) is 64.6 cm³/mol. The van der Waals surface area contributed by atoms with Crippen molar-refractivity contribution in [3.8, 4) is 0 Å². The van der Waals surface area contributed by atoms with E-state index in [0.29, 0.717) is 11.1 Å². The molecule has 1 aromatic carbocycles. The van der Waals surface area contributed by atoms with Crippen LogP contribution in [0.2, 0.25) is 0 Å². The van der Waals surface area contributed by atoms with Crippen molar-refractivity contribution in [1.29, 1.82) is 0 Å². The number of rotatable bonds is 3. The molecule has 0 aromatic heterocycles. The van der Waals surface area contributed by atoms with Crippen LogP contribution in [0.4, 0.5) is 12.9 Å². The fraction of sp³-hybridized carbons (Fsp3) is 0.333. The molecule has 0 aliphatic rings. The number of hydrogen-bond donors (Lipinski definition) is 1. The van der Waals surface area contributed by atoms with Crippen molar-refractivity contribution in [2.24, 2.45) is 5.73 Å². The number of benzene rings is 1. The fourth-order valence-corrected chi connectivity index (χ4v) is 2.12. The molecule has 0 bridgehead atoms. The van der Waals surface area contributed by atoms with Gasteiger partial charge in [0.15, 0.2) is 0 Å². The van der Waals surface area contributed by atoms with Gasteiger partial charge in [-0.1, -0.05) is 17.9 Å². The Bertz CT molecular complexity index is 365. The van der Waals surface area contributed by atoms with Gasteiger partial charge in [-0.05, 0) is 46.7 Å². The molecule has 0 radical (unpaired) electrons. The fourth-order valence-electron chi connectivity index (χ4n) is 1.38. The van der Waals surface area contributed by atoms with Crippen LogP contribution in [0.3, 0.4) is 0 Å². The molecule has 0 spiro atoms. The molecule has 1 rings (SSSR count). The summed E-state index contributed by atoms with van der Waals surface area (Å²) in [5.74, 6) is 0. The zero-order chi connectivity index (χ0) is 11.6. The van der Waals surface area contributed by atoms with Crippen LogP contribution in [0.5, 0.6) is 0 Å². The van der Waals surface area contributed by atoms with Crippen molar-refractivity contribution >= 4 is 29.6 Å². The second-order valence-corrected chi connectivity index (χ2v) is 4.64. The Labute approximate surface area is 100 Å². The van der Waals surface area contributed by atoms with Crippen LogP contribution in [-0.2, 0) is 12.9 Å². The summed E-state index contributed by atoms with van der Waals surface area (Å²) < 4.78 is 37.8. The lowest BCUT2D eigenvalue weighted by atomic mass is 9.80. The Morgan fingerprint density at radius 1 is 1.33 bits per heavy atom. The monoisotopic (exact) mass is 328 g/mol. The lowest BCUT2D eigenvalue weighted by Gasteiger charge is -2.17. The van der Waals surface area contributed by atoms with E-state index in [4.69, 9.17) is 5.73 Å². The number of halogens is 4. The van der Waals surface area contributed by atoms with Gasteiger partial charge < -0.3 is 18.7 Å². The van der Waals surface area contributed by atoms with Gasteiger partial charge in [-0.3, -0.25) is 0 Å². The normalized spacial score (nSPS) is 11.9. The SMILES string of the molecule is Cc1c(I)cc(CN)cc1C[B-](F)(F)F. The molecular formula is C9H11BF3IN-. The summed E-state index contributed by atoms with van der Waals surface area (Å²) in [5.41, 5.74) is 7.22. The largest absolute Gasteiger partial charge is 0.482 e. The maximum absolute atomic E-state index is 12.3. The smallest absolute Gasteiger partial charge is 0.449 e. The van der Waals surface area contributed by atoms with E-state index >= 15 is 0 Å². The van der Waals surface area contributed by atoms with E-state index in [-0.39, 0.29) is 6.54 Å². The zero-order valence-electron chi connectivity index (χ0n) is 8.24. The Kier molecular flexibility index (Phi) is 4.05. The minimum atomic E-state index is -4.78. The lowest BCUT2D eigenvalue weighted by Crippen LogP contribution is -2.20. The van der Waals surface area contributed by atoms with Crippen LogP contribution in [0.15, 0.2) is 12.1 Å². The molecule has 6 heteroatoms. The maximum atomic E-state index is 12.3. The molecule has 1 nitrogen and oxygen atoms in total. The molecule has 0 aliphatic carbocycles. The average Bonchev–Trinajstić information content (AvgIpc) is 2.10. The van der Waals surface area contributed by atoms with E-state index < -0.39 is 13.3 Å². The summed E-state index contributed by atoms with van der Waals surface area (Å²) >= 11 is 2.03. The summed E-state index contributed by atoms with van der Waals surface area (Å²) in [7, 11) is 0. The van der Waals surface area contributed by atoms with E-state index in [1.807, 2.05) is 28.7 Å². The first kappa shape index (κ1) is 12.8. The van der Waals surface area contributed by atoms with Gasteiger partial charge in [-0.2, -0.15) is 0 Å². The van der Waals surface area contributed by atoms with Crippen LogP contribution in [-0.4, -0.2) is 6.98 Å². The van der Waals surface area contributed by atoms with Gasteiger partial charge in [-0.15, -0.1) is 0 Å². The van der Waals surface area contributed by atoms with Gasteiger partial charge in [-0.25, -0.2) is 0 Å². The van der Waals surface area contributed by atoms with Crippen molar-refractivity contribution < 1.29 is 12.9 Å². The molecular weight excluding hydrogens is 317 g/mol. The van der Waals surface area contributed by atoms with Crippen LogP contribution < -0.4 is 5.73 Å². The molecule has 0 unspecified atom stereocenters. The molecule has 0 amide bonds. The Morgan fingerprint density at radius 2 is 1.93 bits per heavy atom. The van der Waals surface area contributed by atoms with Gasteiger partial charge in [0.2, 0.25) is 0 Å². The molecule has 0 atom stereocenters. The van der Waals surface area contributed by atoms with E-state index in [1.54, 1.807) is 13.0 Å². The van der Waals surface area contributed by atoms with Gasteiger partial charge in [0.25, 0.3) is 0 Å². The van der Waals surface area contributed by atoms with E-state index in [9.17, 15) is 12.9 Å². The maximum Gasteiger partial charge on any atom is 0.482 e. The first-order valence-electron chi connectivity index (χ1n) is 4.52. The topological polar surface area (TPSA) is 26.0 Å². The van der Waals surface area contributed by atoms with Gasteiger partial charge in [0.1, 0.15) is 0 Å². The minimum Gasteiger partial charge on any atom is -0.449 e. The van der Waals surface area contributed by atoms with E-state index in [1.165, 1.54) is 0 Å². The van der Waals surface area contributed by atoms with Crippen molar-refractivity contribution in [2.75, 3.05) is 0 Å². The summed E-state index contributed by atoms with van der Waals surface area (Å²) in [4.78, 5) is 0. The minimum absolute atomic E-state index is 0.272. The van der Waals surface area contributed by atoms with E-state index in [2.05, 4.69) is 0 Å². The molecule has 84 valence electrons. The van der Waals surface area contributed by atoms with Crippen molar-refractivity contribution in [3.63, 3.8) is 0 Å². The predicted octanol–water partition coefficient (Wildman–Crippen LogP) is 2.99. The zero-order valence-corrected chi connectivity index (χ0v) is 10.4.